The highest BCUT2D eigenvalue weighted by atomic mass is 14.0. The lowest BCUT2D eigenvalue weighted by atomic mass is 10.0. The van der Waals surface area contributed by atoms with Crippen LogP contribution in [0.1, 0.15) is 49.9 Å². The van der Waals surface area contributed by atoms with Crippen molar-refractivity contribution in [3.8, 4) is 11.1 Å². The third-order valence-corrected chi connectivity index (χ3v) is 4.38. The highest BCUT2D eigenvalue weighted by Gasteiger charge is 1.96. The Labute approximate surface area is 178 Å². The van der Waals surface area contributed by atoms with Crippen LogP contribution in [0.15, 0.2) is 91.0 Å². The van der Waals surface area contributed by atoms with E-state index in [9.17, 15) is 0 Å². The predicted octanol–water partition coefficient (Wildman–Crippen LogP) is 8.83. The topological polar surface area (TPSA) is 0 Å². The summed E-state index contributed by atoms with van der Waals surface area (Å²) >= 11 is 0. The van der Waals surface area contributed by atoms with Crippen LogP contribution in [-0.2, 0) is 6.42 Å². The van der Waals surface area contributed by atoms with Crippen molar-refractivity contribution in [1.29, 1.82) is 0 Å². The number of benzene rings is 3. The van der Waals surface area contributed by atoms with Crippen molar-refractivity contribution in [2.24, 2.45) is 0 Å². The Kier molecular flexibility index (Phi) is 11.1. The summed E-state index contributed by atoms with van der Waals surface area (Å²) in [6, 6.07) is 25.9. The monoisotopic (exact) mass is 384 g/mol. The third kappa shape index (κ3) is 9.25. The van der Waals surface area contributed by atoms with Gasteiger partial charge in [-0.05, 0) is 49.4 Å². The first kappa shape index (κ1) is 24.2. The molecule has 3 aromatic carbocycles. The Morgan fingerprint density at radius 1 is 0.724 bits per heavy atom. The zero-order chi connectivity index (χ0) is 21.6. The van der Waals surface area contributed by atoms with Crippen LogP contribution in [0.3, 0.4) is 0 Å². The Morgan fingerprint density at radius 2 is 1.14 bits per heavy atom. The standard InChI is InChI=1S/C15H16.C12H14.C2H6/c1-3-13-6-10-15(11-7-13)14-8-4-12(2)5-9-14;1-10(2)4-7-12-8-5-11(3)6-9-12;1-2/h4-11H,3H2,1-2H3;4-9H,1H2,2-3H3;1-2H3/b;7-4+;. The van der Waals surface area contributed by atoms with Crippen LogP contribution in [0.2, 0.25) is 0 Å². The molecular weight excluding hydrogens is 348 g/mol. The Balaban J connectivity index is 0.000000273. The Hall–Kier alpha value is -2.86. The average Bonchev–Trinajstić information content (AvgIpc) is 2.76. The van der Waals surface area contributed by atoms with E-state index < -0.39 is 0 Å². The number of hydrogen-bond acceptors (Lipinski definition) is 0. The lowest BCUT2D eigenvalue weighted by molar-refractivity contribution is 1.14. The minimum absolute atomic E-state index is 1.08. The minimum atomic E-state index is 1.08. The fourth-order valence-corrected chi connectivity index (χ4v) is 2.59. The zero-order valence-corrected chi connectivity index (χ0v) is 19.0. The smallest absolute Gasteiger partial charge is 0.0184 e. The second kappa shape index (κ2) is 13.3. The summed E-state index contributed by atoms with van der Waals surface area (Å²) in [7, 11) is 0. The van der Waals surface area contributed by atoms with E-state index in [4.69, 9.17) is 0 Å². The predicted molar refractivity (Wildman–Crippen MR) is 132 cm³/mol. The van der Waals surface area contributed by atoms with Gasteiger partial charge in [0.25, 0.3) is 0 Å². The molecule has 29 heavy (non-hydrogen) atoms. The molecule has 0 radical (unpaired) electrons. The molecule has 0 aliphatic heterocycles. The van der Waals surface area contributed by atoms with Crippen molar-refractivity contribution >= 4 is 6.08 Å². The van der Waals surface area contributed by atoms with Gasteiger partial charge < -0.3 is 0 Å². The maximum Gasteiger partial charge on any atom is -0.0184 e. The molecule has 0 N–H and O–H groups in total. The summed E-state index contributed by atoms with van der Waals surface area (Å²) < 4.78 is 0. The first-order chi connectivity index (χ1) is 14.0. The van der Waals surface area contributed by atoms with Gasteiger partial charge in [-0.25, -0.2) is 0 Å². The van der Waals surface area contributed by atoms with E-state index >= 15 is 0 Å². The number of hydrogen-bond donors (Lipinski definition) is 0. The molecule has 0 heteroatoms. The van der Waals surface area contributed by atoms with Crippen LogP contribution in [0.4, 0.5) is 0 Å². The highest BCUT2D eigenvalue weighted by Crippen LogP contribution is 2.20. The molecule has 0 unspecified atom stereocenters. The summed E-state index contributed by atoms with van der Waals surface area (Å²) in [5, 5.41) is 0. The van der Waals surface area contributed by atoms with E-state index in [1.54, 1.807) is 0 Å². The van der Waals surface area contributed by atoms with Gasteiger partial charge in [0, 0.05) is 0 Å². The highest BCUT2D eigenvalue weighted by molar-refractivity contribution is 5.63. The van der Waals surface area contributed by atoms with Crippen LogP contribution in [0.5, 0.6) is 0 Å². The van der Waals surface area contributed by atoms with Gasteiger partial charge in [0.2, 0.25) is 0 Å². The normalized spacial score (nSPS) is 9.86. The fraction of sp³-hybridized carbons (Fsp3) is 0.241. The molecule has 0 heterocycles. The lowest BCUT2D eigenvalue weighted by Crippen LogP contribution is -1.81. The summed E-state index contributed by atoms with van der Waals surface area (Å²) in [6.07, 6.45) is 5.20. The van der Waals surface area contributed by atoms with Crippen molar-refractivity contribution in [2.45, 2.75) is 48.0 Å². The minimum Gasteiger partial charge on any atom is -0.0961 e. The molecule has 0 aliphatic rings. The van der Waals surface area contributed by atoms with Gasteiger partial charge in [0.05, 0.1) is 0 Å². The molecule has 0 saturated carbocycles. The van der Waals surface area contributed by atoms with Crippen molar-refractivity contribution in [3.63, 3.8) is 0 Å². The second-order valence-corrected chi connectivity index (χ2v) is 7.01. The molecule has 3 rings (SSSR count). The first-order valence-corrected chi connectivity index (χ1v) is 10.5. The van der Waals surface area contributed by atoms with Gasteiger partial charge in [-0.15, -0.1) is 0 Å². The van der Waals surface area contributed by atoms with Crippen molar-refractivity contribution in [1.82, 2.24) is 0 Å². The maximum absolute atomic E-state index is 3.80. The third-order valence-electron chi connectivity index (χ3n) is 4.38. The molecule has 0 saturated heterocycles. The molecule has 0 aromatic heterocycles. The van der Waals surface area contributed by atoms with Gasteiger partial charge in [-0.2, -0.15) is 0 Å². The number of allylic oxidation sites excluding steroid dienone is 2. The Bertz CT molecular complexity index is 861. The number of rotatable bonds is 4. The SMILES string of the molecule is C=C(C)/C=C/c1ccc(C)cc1.CC.CCc1ccc(-c2ccc(C)cc2)cc1. The molecule has 0 amide bonds. The summed E-state index contributed by atoms with van der Waals surface area (Å²) in [6.45, 7) is 16.2. The first-order valence-electron chi connectivity index (χ1n) is 10.5. The maximum atomic E-state index is 3.80. The molecule has 0 bridgehead atoms. The van der Waals surface area contributed by atoms with E-state index in [0.717, 1.165) is 12.0 Å². The van der Waals surface area contributed by atoms with E-state index in [1.165, 1.54) is 33.4 Å². The molecule has 0 nitrogen and oxygen atoms in total. The summed E-state index contributed by atoms with van der Waals surface area (Å²) in [5.74, 6) is 0. The van der Waals surface area contributed by atoms with Gasteiger partial charge >= 0.3 is 0 Å². The van der Waals surface area contributed by atoms with E-state index in [1.807, 2.05) is 26.8 Å². The van der Waals surface area contributed by atoms with Crippen LogP contribution in [0, 0.1) is 13.8 Å². The van der Waals surface area contributed by atoms with Gasteiger partial charge in [-0.1, -0.05) is 129 Å². The van der Waals surface area contributed by atoms with Gasteiger partial charge in [0.1, 0.15) is 0 Å². The summed E-state index contributed by atoms with van der Waals surface area (Å²) in [4.78, 5) is 0. The van der Waals surface area contributed by atoms with Crippen molar-refractivity contribution in [3.05, 3.63) is 113 Å². The van der Waals surface area contributed by atoms with E-state index in [-0.39, 0.29) is 0 Å². The quantitative estimate of drug-likeness (QED) is 0.394. The van der Waals surface area contributed by atoms with Crippen LogP contribution in [-0.4, -0.2) is 0 Å². The van der Waals surface area contributed by atoms with Crippen LogP contribution >= 0.6 is 0 Å². The van der Waals surface area contributed by atoms with Crippen LogP contribution < -0.4 is 0 Å². The number of aryl methyl sites for hydroxylation is 3. The Morgan fingerprint density at radius 3 is 1.55 bits per heavy atom. The largest absolute Gasteiger partial charge is 0.0961 e. The molecular formula is C29H36. The van der Waals surface area contributed by atoms with E-state index in [2.05, 4.69) is 106 Å². The van der Waals surface area contributed by atoms with Crippen LogP contribution in [0.25, 0.3) is 17.2 Å². The summed E-state index contributed by atoms with van der Waals surface area (Å²) in [5.41, 5.74) is 8.90. The van der Waals surface area contributed by atoms with E-state index in [0.29, 0.717) is 0 Å². The molecule has 0 atom stereocenters. The molecule has 0 aliphatic carbocycles. The van der Waals surface area contributed by atoms with Gasteiger partial charge in [0.15, 0.2) is 0 Å². The van der Waals surface area contributed by atoms with Gasteiger partial charge in [-0.3, -0.25) is 0 Å². The van der Waals surface area contributed by atoms with Crippen molar-refractivity contribution in [2.75, 3.05) is 0 Å². The van der Waals surface area contributed by atoms with Crippen molar-refractivity contribution < 1.29 is 0 Å². The molecule has 0 fully saturated rings. The lowest BCUT2D eigenvalue weighted by Gasteiger charge is -2.03. The fourth-order valence-electron chi connectivity index (χ4n) is 2.59. The molecule has 0 spiro atoms. The second-order valence-electron chi connectivity index (χ2n) is 7.01. The zero-order valence-electron chi connectivity index (χ0n) is 19.0. The average molecular weight is 385 g/mol. The molecule has 152 valence electrons. The molecule has 3 aromatic rings.